The van der Waals surface area contributed by atoms with Gasteiger partial charge in [0.05, 0.1) is 37.9 Å². The highest BCUT2D eigenvalue weighted by Crippen LogP contribution is 2.42. The average molecular weight is 510 g/mol. The molecule has 2 aliphatic heterocycles. The minimum Gasteiger partial charge on any atom is -0.465 e. The lowest BCUT2D eigenvalue weighted by Crippen LogP contribution is -2.63. The summed E-state index contributed by atoms with van der Waals surface area (Å²) in [5.41, 5.74) is 4.69. The molecule has 3 heterocycles. The van der Waals surface area contributed by atoms with E-state index in [9.17, 15) is 19.5 Å². The second-order valence-corrected chi connectivity index (χ2v) is 9.75. The monoisotopic (exact) mass is 509 g/mol. The summed E-state index contributed by atoms with van der Waals surface area (Å²) in [6.45, 7) is -0.0797. The van der Waals surface area contributed by atoms with Crippen molar-refractivity contribution in [3.8, 4) is 0 Å². The number of benzene rings is 3. The minimum absolute atomic E-state index is 0.0398. The fraction of sp³-hybridized carbons (Fsp3) is 0.233. The molecule has 0 bridgehead atoms. The molecule has 8 nitrogen and oxygen atoms in total. The fourth-order valence-electron chi connectivity index (χ4n) is 5.73. The molecule has 4 aromatic rings. The molecule has 2 N–H and O–H groups in total. The molecule has 38 heavy (non-hydrogen) atoms. The van der Waals surface area contributed by atoms with Crippen molar-refractivity contribution < 1.29 is 24.2 Å². The molecule has 0 spiro atoms. The third-order valence-electron chi connectivity index (χ3n) is 7.57. The topological polar surface area (TPSA) is 103 Å². The van der Waals surface area contributed by atoms with Gasteiger partial charge >= 0.3 is 5.97 Å². The number of carbonyl (C=O) groups is 3. The van der Waals surface area contributed by atoms with Gasteiger partial charge in [-0.15, -0.1) is 0 Å². The van der Waals surface area contributed by atoms with Crippen LogP contribution in [0.25, 0.3) is 10.9 Å². The van der Waals surface area contributed by atoms with E-state index in [1.165, 1.54) is 12.0 Å². The van der Waals surface area contributed by atoms with Gasteiger partial charge in [0, 0.05) is 23.0 Å². The molecule has 3 atom stereocenters. The van der Waals surface area contributed by atoms with Crippen molar-refractivity contribution in [2.24, 2.45) is 0 Å². The predicted octanol–water partition coefficient (Wildman–Crippen LogP) is 3.37. The van der Waals surface area contributed by atoms with E-state index in [1.54, 1.807) is 41.3 Å². The SMILES string of the molecule is COC(=O)c1ccc(C2c3[nH]c4ccccc4c3C[C@@H]3C(=O)N(CC(O)c4ccccc4)CC(=O)N23)cc1. The molecule has 0 radical (unpaired) electrons. The number of aliphatic hydroxyl groups is 1. The van der Waals surface area contributed by atoms with Gasteiger partial charge in [0.25, 0.3) is 0 Å². The van der Waals surface area contributed by atoms with Crippen LogP contribution in [0.4, 0.5) is 0 Å². The van der Waals surface area contributed by atoms with Crippen molar-refractivity contribution in [2.75, 3.05) is 20.2 Å². The van der Waals surface area contributed by atoms with Crippen LogP contribution < -0.4 is 0 Å². The van der Waals surface area contributed by atoms with Crippen LogP contribution in [-0.2, 0) is 20.7 Å². The second kappa shape index (κ2) is 9.46. The number of amides is 2. The third-order valence-corrected chi connectivity index (χ3v) is 7.57. The summed E-state index contributed by atoms with van der Waals surface area (Å²) in [5.74, 6) is -0.825. The number of aromatic amines is 1. The van der Waals surface area contributed by atoms with E-state index in [4.69, 9.17) is 4.74 Å². The maximum atomic E-state index is 13.8. The zero-order chi connectivity index (χ0) is 26.4. The van der Waals surface area contributed by atoms with Gasteiger partial charge in [0.1, 0.15) is 6.04 Å². The van der Waals surface area contributed by atoms with Gasteiger partial charge in [-0.3, -0.25) is 9.59 Å². The Morgan fingerprint density at radius 2 is 1.74 bits per heavy atom. The number of fused-ring (bicyclic) bond motifs is 4. The van der Waals surface area contributed by atoms with E-state index in [1.807, 2.05) is 42.5 Å². The molecule has 1 fully saturated rings. The number of aromatic nitrogens is 1. The van der Waals surface area contributed by atoms with Crippen molar-refractivity contribution in [1.29, 1.82) is 0 Å². The quantitative estimate of drug-likeness (QED) is 0.402. The van der Waals surface area contributed by atoms with Crippen LogP contribution >= 0.6 is 0 Å². The summed E-state index contributed by atoms with van der Waals surface area (Å²) in [6.07, 6.45) is -0.521. The molecule has 2 amide bonds. The Morgan fingerprint density at radius 1 is 1.03 bits per heavy atom. The molecule has 1 aromatic heterocycles. The fourth-order valence-corrected chi connectivity index (χ4v) is 5.73. The highest BCUT2D eigenvalue weighted by atomic mass is 16.5. The van der Waals surface area contributed by atoms with Crippen molar-refractivity contribution in [3.05, 3.63) is 107 Å². The molecule has 6 rings (SSSR count). The van der Waals surface area contributed by atoms with Crippen LogP contribution in [0.3, 0.4) is 0 Å². The van der Waals surface area contributed by atoms with Crippen LogP contribution in [-0.4, -0.2) is 63.9 Å². The number of hydrogen-bond donors (Lipinski definition) is 2. The molecular formula is C30H27N3O5. The summed E-state index contributed by atoms with van der Waals surface area (Å²) >= 11 is 0. The number of nitrogens with zero attached hydrogens (tertiary/aromatic N) is 2. The van der Waals surface area contributed by atoms with E-state index in [0.29, 0.717) is 17.5 Å². The van der Waals surface area contributed by atoms with Crippen LogP contribution in [0.1, 0.15) is 44.9 Å². The van der Waals surface area contributed by atoms with E-state index in [0.717, 1.165) is 27.7 Å². The number of ether oxygens (including phenoxy) is 1. The molecule has 0 aliphatic carbocycles. The third kappa shape index (κ3) is 3.94. The molecule has 0 saturated carbocycles. The Hall–Kier alpha value is -4.43. The first kappa shape index (κ1) is 23.9. The second-order valence-electron chi connectivity index (χ2n) is 9.75. The lowest BCUT2D eigenvalue weighted by molar-refractivity contribution is -0.159. The number of nitrogens with one attached hydrogen (secondary N) is 1. The van der Waals surface area contributed by atoms with E-state index >= 15 is 0 Å². The Morgan fingerprint density at radius 3 is 2.47 bits per heavy atom. The van der Waals surface area contributed by atoms with Gasteiger partial charge in [0.2, 0.25) is 11.8 Å². The van der Waals surface area contributed by atoms with E-state index < -0.39 is 24.2 Å². The number of hydrogen-bond acceptors (Lipinski definition) is 5. The number of aliphatic hydroxyl groups excluding tert-OH is 1. The van der Waals surface area contributed by atoms with Gasteiger partial charge in [0.15, 0.2) is 0 Å². The van der Waals surface area contributed by atoms with Crippen LogP contribution in [0.5, 0.6) is 0 Å². The van der Waals surface area contributed by atoms with Crippen molar-refractivity contribution in [2.45, 2.75) is 24.6 Å². The molecule has 2 aliphatic rings. The maximum absolute atomic E-state index is 13.8. The maximum Gasteiger partial charge on any atom is 0.337 e. The summed E-state index contributed by atoms with van der Waals surface area (Å²) in [4.78, 5) is 46.2. The number of esters is 1. The van der Waals surface area contributed by atoms with Crippen molar-refractivity contribution in [1.82, 2.24) is 14.8 Å². The first-order chi connectivity index (χ1) is 18.5. The minimum atomic E-state index is -0.895. The Balaban J connectivity index is 1.40. The zero-order valence-electron chi connectivity index (χ0n) is 20.8. The molecule has 3 aromatic carbocycles. The van der Waals surface area contributed by atoms with E-state index in [-0.39, 0.29) is 24.9 Å². The number of rotatable bonds is 5. The summed E-state index contributed by atoms with van der Waals surface area (Å²) in [5, 5.41) is 11.8. The molecular weight excluding hydrogens is 482 g/mol. The first-order valence-electron chi connectivity index (χ1n) is 12.6. The first-order valence-corrected chi connectivity index (χ1v) is 12.6. The molecule has 8 heteroatoms. The summed E-state index contributed by atoms with van der Waals surface area (Å²) < 4.78 is 4.83. The van der Waals surface area contributed by atoms with Crippen LogP contribution in [0.2, 0.25) is 0 Å². The highest BCUT2D eigenvalue weighted by molar-refractivity contribution is 5.97. The number of piperazine rings is 1. The summed E-state index contributed by atoms with van der Waals surface area (Å²) in [6, 6.07) is 22.8. The Kier molecular flexibility index (Phi) is 5.96. The molecule has 1 saturated heterocycles. The van der Waals surface area contributed by atoms with Crippen molar-refractivity contribution in [3.63, 3.8) is 0 Å². The van der Waals surface area contributed by atoms with Gasteiger partial charge < -0.3 is 24.6 Å². The standard InChI is InChI=1S/C30H27N3O5/c1-38-30(37)20-13-11-19(12-14-20)28-27-22(21-9-5-6-10-23(21)31-27)15-24-29(36)32(17-26(35)33(24)28)16-25(34)18-7-3-2-4-8-18/h2-14,24-25,28,31,34H,15-17H2,1H3/t24-,25?,28?/m1/s1. The summed E-state index contributed by atoms with van der Waals surface area (Å²) in [7, 11) is 1.33. The average Bonchev–Trinajstić information content (AvgIpc) is 3.33. The molecule has 2 unspecified atom stereocenters. The normalized spacial score (nSPS) is 19.7. The number of carbonyl (C=O) groups excluding carboxylic acids is 3. The van der Waals surface area contributed by atoms with Crippen LogP contribution in [0.15, 0.2) is 78.9 Å². The lowest BCUT2D eigenvalue weighted by atomic mass is 9.86. The Bertz CT molecular complexity index is 1530. The number of β-amino-alcohol motifs (C(OH)–C–C–N with tert-alkyl or cyclic N) is 1. The van der Waals surface area contributed by atoms with Gasteiger partial charge in [-0.1, -0.05) is 60.7 Å². The largest absolute Gasteiger partial charge is 0.465 e. The number of methoxy groups -OCH3 is 1. The predicted molar refractivity (Wildman–Crippen MR) is 140 cm³/mol. The van der Waals surface area contributed by atoms with Gasteiger partial charge in [-0.05, 0) is 34.9 Å². The highest BCUT2D eigenvalue weighted by Gasteiger charge is 2.48. The van der Waals surface area contributed by atoms with Gasteiger partial charge in [-0.2, -0.15) is 0 Å². The molecule has 192 valence electrons. The lowest BCUT2D eigenvalue weighted by Gasteiger charge is -2.47. The van der Waals surface area contributed by atoms with Crippen LogP contribution in [0, 0.1) is 0 Å². The number of H-pyrrole nitrogens is 1. The van der Waals surface area contributed by atoms with E-state index in [2.05, 4.69) is 4.98 Å². The van der Waals surface area contributed by atoms with Gasteiger partial charge in [-0.25, -0.2) is 4.79 Å². The smallest absolute Gasteiger partial charge is 0.337 e. The Labute approximate surface area is 219 Å². The zero-order valence-corrected chi connectivity index (χ0v) is 20.8. The van der Waals surface area contributed by atoms with Crippen molar-refractivity contribution >= 4 is 28.7 Å². The number of para-hydroxylation sites is 1.